The highest BCUT2D eigenvalue weighted by Crippen LogP contribution is 2.60. The number of hydrogen-bond acceptors (Lipinski definition) is 6. The number of anilines is 2. The third kappa shape index (κ3) is 3.15. The molecular weight excluding hydrogens is 314 g/mol. The Morgan fingerprint density at radius 1 is 1.09 bits per heavy atom. The molecule has 0 saturated heterocycles. The van der Waals surface area contributed by atoms with E-state index in [0.717, 1.165) is 0 Å². The van der Waals surface area contributed by atoms with Gasteiger partial charge >= 0.3 is 0 Å². The van der Waals surface area contributed by atoms with Crippen LogP contribution < -0.4 is 20.1 Å². The van der Waals surface area contributed by atoms with Crippen molar-refractivity contribution < 1.29 is 13.8 Å². The number of fused-ring (bicyclic) bond motifs is 1. The van der Waals surface area contributed by atoms with Gasteiger partial charge in [0.05, 0.1) is 12.2 Å². The Morgan fingerprint density at radius 3 is 2.52 bits per heavy atom. The lowest BCUT2D eigenvalue weighted by Crippen LogP contribution is -2.45. The molecule has 1 aliphatic heterocycles. The van der Waals surface area contributed by atoms with Gasteiger partial charge in [0.1, 0.15) is 11.4 Å². The van der Waals surface area contributed by atoms with Crippen LogP contribution in [-0.4, -0.2) is 34.2 Å². The van der Waals surface area contributed by atoms with Gasteiger partial charge in [0.25, 0.3) is 0 Å². The molecule has 0 amide bonds. The number of benzene rings is 2. The molecule has 6 nitrogen and oxygen atoms in total. The number of nitrogens with two attached hydrogens (primary N) is 1. The minimum atomic E-state index is -3.20. The summed E-state index contributed by atoms with van der Waals surface area (Å²) in [5, 5.41) is 3.09. The molecule has 0 bridgehead atoms. The molecule has 124 valence electrons. The van der Waals surface area contributed by atoms with Crippen molar-refractivity contribution in [2.45, 2.75) is 5.44 Å². The van der Waals surface area contributed by atoms with Crippen LogP contribution in [0.1, 0.15) is 0 Å². The van der Waals surface area contributed by atoms with Crippen LogP contribution >= 0.6 is 10.8 Å². The zero-order valence-electron chi connectivity index (χ0n) is 12.6. The maximum absolute atomic E-state index is 10.9. The summed E-state index contributed by atoms with van der Waals surface area (Å²) in [4.78, 5) is 0. The molecule has 0 aliphatic carbocycles. The predicted molar refractivity (Wildman–Crippen MR) is 94.2 cm³/mol. The summed E-state index contributed by atoms with van der Waals surface area (Å²) in [5.74, 6) is 0.627. The number of ether oxygens (including phenoxy) is 1. The Bertz CT molecular complexity index is 654. The minimum Gasteiger partial charge on any atom is -0.465 e. The van der Waals surface area contributed by atoms with E-state index in [0.29, 0.717) is 36.8 Å². The van der Waals surface area contributed by atoms with E-state index in [1.807, 2.05) is 54.6 Å². The second kappa shape index (κ2) is 6.77. The lowest BCUT2D eigenvalue weighted by molar-refractivity contribution is 0.244. The first-order valence-electron chi connectivity index (χ1n) is 7.43. The van der Waals surface area contributed by atoms with Crippen molar-refractivity contribution in [2.75, 3.05) is 23.9 Å². The SMILES string of the molecule is NCCNCC1Oc2ccccc2N(c2ccccc2)S1(O)O. The van der Waals surface area contributed by atoms with Crippen molar-refractivity contribution in [3.05, 3.63) is 54.6 Å². The van der Waals surface area contributed by atoms with Crippen molar-refractivity contribution in [1.82, 2.24) is 5.32 Å². The number of hydrogen-bond donors (Lipinski definition) is 4. The summed E-state index contributed by atoms with van der Waals surface area (Å²) >= 11 is 0. The average molecular weight is 335 g/mol. The molecule has 1 heterocycles. The summed E-state index contributed by atoms with van der Waals surface area (Å²) in [5.41, 5.74) is 6.06. The molecule has 0 aromatic heterocycles. The monoisotopic (exact) mass is 335 g/mol. The smallest absolute Gasteiger partial charge is 0.218 e. The van der Waals surface area contributed by atoms with E-state index in [1.54, 1.807) is 4.31 Å². The number of nitrogens with one attached hydrogen (secondary N) is 1. The molecule has 7 heteroatoms. The van der Waals surface area contributed by atoms with Crippen LogP contribution in [0.5, 0.6) is 5.75 Å². The first-order valence-corrected chi connectivity index (χ1v) is 9.00. The molecule has 2 aromatic carbocycles. The average Bonchev–Trinajstić information content (AvgIpc) is 2.56. The third-order valence-electron chi connectivity index (χ3n) is 3.59. The molecular formula is C16H21N3O3S. The van der Waals surface area contributed by atoms with Crippen LogP contribution in [0, 0.1) is 0 Å². The molecule has 5 N–H and O–H groups in total. The van der Waals surface area contributed by atoms with Gasteiger partial charge in [-0.1, -0.05) is 41.1 Å². The van der Waals surface area contributed by atoms with E-state index in [1.165, 1.54) is 0 Å². The molecule has 0 fully saturated rings. The van der Waals surface area contributed by atoms with Crippen LogP contribution in [0.4, 0.5) is 11.4 Å². The summed E-state index contributed by atoms with van der Waals surface area (Å²) in [7, 11) is -3.20. The van der Waals surface area contributed by atoms with E-state index in [2.05, 4.69) is 5.32 Å². The van der Waals surface area contributed by atoms with Crippen molar-refractivity contribution >= 4 is 22.2 Å². The van der Waals surface area contributed by atoms with Gasteiger partial charge in [-0.2, -0.15) is 0 Å². The predicted octanol–water partition coefficient (Wildman–Crippen LogP) is 2.76. The second-order valence-electron chi connectivity index (χ2n) is 5.20. The van der Waals surface area contributed by atoms with Crippen molar-refractivity contribution in [3.8, 4) is 5.75 Å². The molecule has 0 spiro atoms. The number of nitrogens with zero attached hydrogens (tertiary/aromatic N) is 1. The highest BCUT2D eigenvalue weighted by atomic mass is 32.3. The van der Waals surface area contributed by atoms with Crippen molar-refractivity contribution in [3.63, 3.8) is 0 Å². The largest absolute Gasteiger partial charge is 0.465 e. The van der Waals surface area contributed by atoms with Crippen LogP contribution in [0.2, 0.25) is 0 Å². The summed E-state index contributed by atoms with van der Waals surface area (Å²) in [6.07, 6.45) is 0. The zero-order chi connectivity index (χ0) is 16.3. The van der Waals surface area contributed by atoms with E-state index >= 15 is 0 Å². The Kier molecular flexibility index (Phi) is 4.74. The molecule has 1 atom stereocenters. The molecule has 23 heavy (non-hydrogen) atoms. The Labute approximate surface area is 137 Å². The van der Waals surface area contributed by atoms with Gasteiger partial charge in [-0.05, 0) is 24.3 Å². The maximum Gasteiger partial charge on any atom is 0.218 e. The molecule has 3 rings (SSSR count). The Morgan fingerprint density at radius 2 is 1.78 bits per heavy atom. The first kappa shape index (κ1) is 16.1. The van der Waals surface area contributed by atoms with Gasteiger partial charge in [-0.15, -0.1) is 0 Å². The zero-order valence-corrected chi connectivity index (χ0v) is 13.4. The fraction of sp³-hybridized carbons (Fsp3) is 0.250. The molecule has 1 unspecified atom stereocenters. The van der Waals surface area contributed by atoms with Crippen LogP contribution in [0.15, 0.2) is 54.6 Å². The standard InChI is InChI=1S/C16H21N3O3S/c17-10-11-18-12-16-22-15-9-5-4-8-14(15)19(23(16,20)21)13-6-2-1-3-7-13/h1-9,16,18,20-21H,10-12,17H2. The molecule has 2 aromatic rings. The van der Waals surface area contributed by atoms with E-state index in [4.69, 9.17) is 10.5 Å². The highest BCUT2D eigenvalue weighted by molar-refractivity contribution is 8.26. The molecule has 1 aliphatic rings. The van der Waals surface area contributed by atoms with E-state index in [-0.39, 0.29) is 0 Å². The summed E-state index contributed by atoms with van der Waals surface area (Å²) in [6, 6.07) is 16.7. The van der Waals surface area contributed by atoms with Crippen LogP contribution in [0.25, 0.3) is 0 Å². The lowest BCUT2D eigenvalue weighted by atomic mass is 10.2. The Hall–Kier alpha value is -1.77. The number of para-hydroxylation sites is 3. The van der Waals surface area contributed by atoms with Gasteiger partial charge in [0.2, 0.25) is 5.44 Å². The highest BCUT2D eigenvalue weighted by Gasteiger charge is 2.40. The first-order chi connectivity index (χ1) is 11.1. The minimum absolute atomic E-state index is 0.303. The summed E-state index contributed by atoms with van der Waals surface area (Å²) < 4.78 is 29.1. The quantitative estimate of drug-likeness (QED) is 0.628. The van der Waals surface area contributed by atoms with Crippen LogP contribution in [-0.2, 0) is 0 Å². The van der Waals surface area contributed by atoms with Gasteiger partial charge in [0, 0.05) is 13.1 Å². The van der Waals surface area contributed by atoms with Crippen molar-refractivity contribution in [1.29, 1.82) is 0 Å². The summed E-state index contributed by atoms with van der Waals surface area (Å²) in [6.45, 7) is 1.37. The van der Waals surface area contributed by atoms with Gasteiger partial charge < -0.3 is 15.8 Å². The van der Waals surface area contributed by atoms with Gasteiger partial charge in [-0.3, -0.25) is 9.11 Å². The third-order valence-corrected chi connectivity index (χ3v) is 5.50. The van der Waals surface area contributed by atoms with Gasteiger partial charge in [0.15, 0.2) is 0 Å². The fourth-order valence-corrected chi connectivity index (χ4v) is 4.21. The molecule has 0 saturated carbocycles. The second-order valence-corrected chi connectivity index (χ2v) is 7.21. The Balaban J connectivity index is 2.00. The lowest BCUT2D eigenvalue weighted by Gasteiger charge is -2.51. The van der Waals surface area contributed by atoms with Crippen LogP contribution in [0.3, 0.4) is 0 Å². The van der Waals surface area contributed by atoms with Gasteiger partial charge in [-0.25, -0.2) is 4.31 Å². The van der Waals surface area contributed by atoms with E-state index < -0.39 is 16.2 Å². The fourth-order valence-electron chi connectivity index (χ4n) is 2.53. The topological polar surface area (TPSA) is 91.0 Å². The normalized spacial score (nSPS) is 20.5. The van der Waals surface area contributed by atoms with Crippen molar-refractivity contribution in [2.24, 2.45) is 5.73 Å². The van der Waals surface area contributed by atoms with E-state index in [9.17, 15) is 9.11 Å². The maximum atomic E-state index is 10.9. The number of rotatable bonds is 5. The molecule has 0 radical (unpaired) electrons.